The molecule has 198 valence electrons. The van der Waals surface area contributed by atoms with E-state index >= 15 is 0 Å². The summed E-state index contributed by atoms with van der Waals surface area (Å²) in [6.07, 6.45) is -1.51. The fourth-order valence-corrected chi connectivity index (χ4v) is 5.76. The summed E-state index contributed by atoms with van der Waals surface area (Å²) < 4.78 is 94.1. The van der Waals surface area contributed by atoms with Crippen LogP contribution in [0.15, 0.2) is 71.2 Å². The van der Waals surface area contributed by atoms with Gasteiger partial charge >= 0.3 is 6.18 Å². The summed E-state index contributed by atoms with van der Waals surface area (Å²) in [5.74, 6) is 0. The molecule has 38 heavy (non-hydrogen) atoms. The second-order valence-corrected chi connectivity index (χ2v) is 12.2. The molecule has 0 spiro atoms. The lowest BCUT2D eigenvalue weighted by molar-refractivity contribution is -0.137. The number of halogens is 3. The fraction of sp³-hybridized carbons (Fsp3) is 0.174. The molecule has 15 heteroatoms. The van der Waals surface area contributed by atoms with Crippen LogP contribution in [0.25, 0.3) is 27.9 Å². The highest BCUT2D eigenvalue weighted by atomic mass is 32.2. The van der Waals surface area contributed by atoms with E-state index in [4.69, 9.17) is 4.84 Å². The van der Waals surface area contributed by atoms with Crippen LogP contribution in [0.5, 0.6) is 0 Å². The number of nitrogens with one attached hydrogen (secondary N) is 1. The number of alkyl halides is 3. The van der Waals surface area contributed by atoms with Crippen LogP contribution < -0.4 is 5.48 Å². The number of hydrogen-bond acceptors (Lipinski definition) is 9. The van der Waals surface area contributed by atoms with Crippen molar-refractivity contribution in [1.29, 1.82) is 0 Å². The molecule has 1 unspecified atom stereocenters. The van der Waals surface area contributed by atoms with Crippen LogP contribution in [-0.4, -0.2) is 48.1 Å². The van der Waals surface area contributed by atoms with Crippen molar-refractivity contribution < 1.29 is 34.8 Å². The summed E-state index contributed by atoms with van der Waals surface area (Å²) in [5.41, 5.74) is 0.991. The number of hydroxylamine groups is 1. The fourth-order valence-electron chi connectivity index (χ4n) is 3.92. The van der Waals surface area contributed by atoms with E-state index in [1.807, 2.05) is 0 Å². The van der Waals surface area contributed by atoms with E-state index in [2.05, 4.69) is 20.4 Å². The first-order valence-electron chi connectivity index (χ1n) is 10.9. The van der Waals surface area contributed by atoms with Crippen LogP contribution in [0.3, 0.4) is 0 Å². The average Bonchev–Trinajstić information content (AvgIpc) is 3.46. The van der Waals surface area contributed by atoms with Gasteiger partial charge in [-0.1, -0.05) is 18.2 Å². The van der Waals surface area contributed by atoms with Crippen LogP contribution in [0.4, 0.5) is 13.2 Å². The van der Waals surface area contributed by atoms with Crippen molar-refractivity contribution in [2.75, 3.05) is 6.26 Å². The van der Waals surface area contributed by atoms with E-state index in [1.165, 1.54) is 42.7 Å². The van der Waals surface area contributed by atoms with Gasteiger partial charge in [-0.25, -0.2) is 35.8 Å². The molecule has 1 N–H and O–H groups in total. The van der Waals surface area contributed by atoms with Gasteiger partial charge in [0.1, 0.15) is 11.8 Å². The second-order valence-electron chi connectivity index (χ2n) is 8.44. The zero-order valence-corrected chi connectivity index (χ0v) is 21.3. The normalized spacial score (nSPS) is 16.4. The van der Waals surface area contributed by atoms with Crippen molar-refractivity contribution >= 4 is 36.5 Å². The van der Waals surface area contributed by atoms with Crippen LogP contribution in [0.2, 0.25) is 0 Å². The van der Waals surface area contributed by atoms with E-state index in [0.717, 1.165) is 16.4 Å². The van der Waals surface area contributed by atoms with Gasteiger partial charge in [0, 0.05) is 35.2 Å². The molecular weight excluding hydrogens is 547 g/mol. The van der Waals surface area contributed by atoms with Crippen LogP contribution >= 0.6 is 0 Å². The SMILES string of the molecule is CC1NOC=C1c1ccc2c(-c3nc(S(C)(=O)=O)ncc3C(F)(F)F)cn(S(=O)(=O)c3ccccc3)c2n1. The number of nitrogens with zero attached hydrogens (tertiary/aromatic N) is 4. The topological polar surface area (TPSA) is 133 Å². The van der Waals surface area contributed by atoms with Gasteiger partial charge in [-0.2, -0.15) is 18.7 Å². The maximum Gasteiger partial charge on any atom is 0.419 e. The Morgan fingerprint density at radius 2 is 1.74 bits per heavy atom. The molecule has 10 nitrogen and oxygen atoms in total. The Morgan fingerprint density at radius 3 is 2.34 bits per heavy atom. The van der Waals surface area contributed by atoms with Crippen LogP contribution in [-0.2, 0) is 30.9 Å². The smallest absolute Gasteiger partial charge is 0.416 e. The number of pyridine rings is 1. The number of fused-ring (bicyclic) bond motifs is 1. The van der Waals surface area contributed by atoms with Gasteiger partial charge in [0.05, 0.1) is 22.3 Å². The molecule has 4 heterocycles. The van der Waals surface area contributed by atoms with Crippen molar-refractivity contribution in [1.82, 2.24) is 24.4 Å². The highest BCUT2D eigenvalue weighted by molar-refractivity contribution is 7.90. The largest absolute Gasteiger partial charge is 0.419 e. The van der Waals surface area contributed by atoms with Crippen molar-refractivity contribution in [3.63, 3.8) is 0 Å². The van der Waals surface area contributed by atoms with Crippen LogP contribution in [0.1, 0.15) is 18.2 Å². The molecule has 0 bridgehead atoms. The predicted octanol–water partition coefficient (Wildman–Crippen LogP) is 3.42. The zero-order chi connectivity index (χ0) is 27.5. The molecule has 0 amide bonds. The molecule has 1 aromatic carbocycles. The Kier molecular flexibility index (Phi) is 6.04. The van der Waals surface area contributed by atoms with Crippen molar-refractivity contribution in [2.45, 2.75) is 29.2 Å². The lowest BCUT2D eigenvalue weighted by Crippen LogP contribution is -2.19. The summed E-state index contributed by atoms with van der Waals surface area (Å²) in [5, 5.41) is -0.845. The Hall–Kier alpha value is -3.82. The van der Waals surface area contributed by atoms with E-state index in [1.54, 1.807) is 13.0 Å². The van der Waals surface area contributed by atoms with Gasteiger partial charge in [-0.15, -0.1) is 0 Å². The van der Waals surface area contributed by atoms with Gasteiger partial charge in [0.25, 0.3) is 10.0 Å². The molecule has 4 aromatic rings. The standard InChI is InChI=1S/C23H18F3N5O5S2/c1-13-17(12-36-30-13)19-9-8-15-16(20-18(23(24,25)26)10-27-22(29-20)37(2,32)33)11-31(21(15)28-19)38(34,35)14-6-4-3-5-7-14/h3-13,30H,1-2H3. The first-order valence-corrected chi connectivity index (χ1v) is 14.2. The Morgan fingerprint density at radius 1 is 1.03 bits per heavy atom. The van der Waals surface area contributed by atoms with Gasteiger partial charge < -0.3 is 4.84 Å². The molecule has 0 saturated heterocycles. The molecule has 0 saturated carbocycles. The zero-order valence-electron chi connectivity index (χ0n) is 19.6. The molecule has 0 fully saturated rings. The number of benzene rings is 1. The van der Waals surface area contributed by atoms with Gasteiger partial charge in [0.15, 0.2) is 5.65 Å². The molecule has 0 radical (unpaired) electrons. The molecule has 1 aliphatic rings. The summed E-state index contributed by atoms with van der Waals surface area (Å²) in [6, 6.07) is 9.86. The minimum atomic E-state index is -4.97. The summed E-state index contributed by atoms with van der Waals surface area (Å²) >= 11 is 0. The third-order valence-electron chi connectivity index (χ3n) is 5.77. The summed E-state index contributed by atoms with van der Waals surface area (Å²) in [4.78, 5) is 16.5. The molecule has 1 aliphatic heterocycles. The van der Waals surface area contributed by atoms with Crippen molar-refractivity contribution in [2.24, 2.45) is 0 Å². The number of hydrogen-bond donors (Lipinski definition) is 1. The van der Waals surface area contributed by atoms with Gasteiger partial charge in [-0.3, -0.25) is 0 Å². The molecule has 1 atom stereocenters. The van der Waals surface area contributed by atoms with E-state index in [-0.39, 0.29) is 27.5 Å². The maximum atomic E-state index is 14.0. The van der Waals surface area contributed by atoms with Crippen LogP contribution in [0, 0.1) is 0 Å². The highest BCUT2D eigenvalue weighted by Crippen LogP contribution is 2.40. The van der Waals surface area contributed by atoms with E-state index in [0.29, 0.717) is 17.5 Å². The van der Waals surface area contributed by atoms with E-state index in [9.17, 15) is 30.0 Å². The first-order chi connectivity index (χ1) is 17.8. The quantitative estimate of drug-likeness (QED) is 0.362. The molecule has 3 aromatic heterocycles. The van der Waals surface area contributed by atoms with Gasteiger partial charge in [-0.05, 0) is 31.2 Å². The molecular formula is C23H18F3N5O5S2. The maximum absolute atomic E-state index is 14.0. The Balaban J connectivity index is 1.86. The Bertz CT molecular complexity index is 1820. The average molecular weight is 566 g/mol. The molecule has 0 aliphatic carbocycles. The third kappa shape index (κ3) is 4.41. The second kappa shape index (κ2) is 8.89. The highest BCUT2D eigenvalue weighted by Gasteiger charge is 2.37. The lowest BCUT2D eigenvalue weighted by Gasteiger charge is -2.12. The van der Waals surface area contributed by atoms with Crippen molar-refractivity contribution in [3.05, 3.63) is 72.4 Å². The summed E-state index contributed by atoms with van der Waals surface area (Å²) in [6.45, 7) is 1.78. The third-order valence-corrected chi connectivity index (χ3v) is 8.30. The first kappa shape index (κ1) is 25.8. The number of aromatic nitrogens is 4. The minimum absolute atomic E-state index is 0.00275. The Labute approximate surface area is 214 Å². The monoisotopic (exact) mass is 565 g/mol. The van der Waals surface area contributed by atoms with Gasteiger partial charge in [0.2, 0.25) is 15.0 Å². The number of rotatable bonds is 5. The lowest BCUT2D eigenvalue weighted by atomic mass is 10.0. The van der Waals surface area contributed by atoms with Crippen molar-refractivity contribution in [3.8, 4) is 11.3 Å². The molecule has 5 rings (SSSR count). The summed E-state index contributed by atoms with van der Waals surface area (Å²) in [7, 11) is -8.44. The van der Waals surface area contributed by atoms with E-state index < -0.39 is 42.5 Å². The minimum Gasteiger partial charge on any atom is -0.416 e. The number of sulfone groups is 1. The predicted molar refractivity (Wildman–Crippen MR) is 130 cm³/mol.